The van der Waals surface area contributed by atoms with Gasteiger partial charge in [0.25, 0.3) is 5.91 Å². The van der Waals surface area contributed by atoms with Crippen LogP contribution in [0.4, 0.5) is 0 Å². The van der Waals surface area contributed by atoms with E-state index >= 15 is 0 Å². The molecule has 3 atom stereocenters. The van der Waals surface area contributed by atoms with Crippen molar-refractivity contribution in [1.82, 2.24) is 9.47 Å². The Kier molecular flexibility index (Phi) is 4.60. The van der Waals surface area contributed by atoms with E-state index < -0.39 is 0 Å². The van der Waals surface area contributed by atoms with Crippen LogP contribution in [0.3, 0.4) is 0 Å². The number of hydrogen-bond acceptors (Lipinski definition) is 4. The van der Waals surface area contributed by atoms with E-state index in [0.29, 0.717) is 12.6 Å². The molecule has 1 N–H and O–H groups in total. The van der Waals surface area contributed by atoms with Crippen molar-refractivity contribution in [2.45, 2.75) is 62.3 Å². The molecule has 25 heavy (non-hydrogen) atoms. The largest absolute Gasteiger partial charge is 0.394 e. The molecule has 2 aliphatic carbocycles. The lowest BCUT2D eigenvalue weighted by Crippen LogP contribution is -2.53. The molecule has 2 heterocycles. The van der Waals surface area contributed by atoms with Crippen LogP contribution in [0.25, 0.3) is 0 Å². The molecule has 6 nitrogen and oxygen atoms in total. The smallest absolute Gasteiger partial charge is 0.270 e. The second-order valence-corrected chi connectivity index (χ2v) is 7.56. The van der Waals surface area contributed by atoms with Gasteiger partial charge < -0.3 is 24.0 Å². The number of hydrogen-bond donors (Lipinski definition) is 1. The fraction of sp³-hybridized carbons (Fsp3) is 0.737. The zero-order valence-electron chi connectivity index (χ0n) is 14.9. The minimum atomic E-state index is -0.244. The third-order valence-electron chi connectivity index (χ3n) is 6.19. The number of fused-ring (bicyclic) bond motifs is 1. The van der Waals surface area contributed by atoms with Crippen molar-refractivity contribution in [3.8, 4) is 0 Å². The number of amides is 1. The molecule has 0 unspecified atom stereocenters. The summed E-state index contributed by atoms with van der Waals surface area (Å²) in [6.07, 6.45) is 7.93. The number of rotatable bonds is 6. The number of aliphatic hydroxyl groups is 1. The van der Waals surface area contributed by atoms with Crippen LogP contribution in [0.5, 0.6) is 0 Å². The second kappa shape index (κ2) is 6.74. The Morgan fingerprint density at radius 3 is 2.92 bits per heavy atom. The first-order valence-electron chi connectivity index (χ1n) is 9.44. The normalized spacial score (nSPS) is 32.0. The van der Waals surface area contributed by atoms with Gasteiger partial charge in [-0.15, -0.1) is 0 Å². The average molecular weight is 348 g/mol. The van der Waals surface area contributed by atoms with Gasteiger partial charge in [-0.25, -0.2) is 0 Å². The maximum absolute atomic E-state index is 13.3. The van der Waals surface area contributed by atoms with Crippen molar-refractivity contribution in [1.29, 1.82) is 0 Å². The topological polar surface area (TPSA) is 63.9 Å². The average Bonchev–Trinajstić information content (AvgIpc) is 3.24. The van der Waals surface area contributed by atoms with Crippen LogP contribution < -0.4 is 0 Å². The van der Waals surface area contributed by atoms with E-state index in [4.69, 9.17) is 14.6 Å². The van der Waals surface area contributed by atoms with Gasteiger partial charge in [0.15, 0.2) is 0 Å². The molecular weight excluding hydrogens is 320 g/mol. The third-order valence-corrected chi connectivity index (χ3v) is 6.19. The van der Waals surface area contributed by atoms with Gasteiger partial charge in [-0.3, -0.25) is 4.79 Å². The number of aliphatic hydroxyl groups excluding tert-OH is 1. The van der Waals surface area contributed by atoms with Crippen LogP contribution in [-0.2, 0) is 9.47 Å². The van der Waals surface area contributed by atoms with Crippen LogP contribution in [0.15, 0.2) is 18.3 Å². The van der Waals surface area contributed by atoms with Crippen molar-refractivity contribution >= 4 is 5.91 Å². The Balaban J connectivity index is 1.54. The first-order valence-corrected chi connectivity index (χ1v) is 9.44. The van der Waals surface area contributed by atoms with Crippen molar-refractivity contribution in [3.63, 3.8) is 0 Å². The Morgan fingerprint density at radius 1 is 1.36 bits per heavy atom. The zero-order chi connectivity index (χ0) is 17.4. The number of ether oxygens (including phenoxy) is 2. The highest BCUT2D eigenvalue weighted by molar-refractivity contribution is 5.93. The maximum Gasteiger partial charge on any atom is 0.270 e. The number of methoxy groups -OCH3 is 1. The zero-order valence-corrected chi connectivity index (χ0v) is 14.9. The van der Waals surface area contributed by atoms with E-state index in [1.54, 1.807) is 7.11 Å². The predicted molar refractivity (Wildman–Crippen MR) is 92.6 cm³/mol. The highest BCUT2D eigenvalue weighted by Crippen LogP contribution is 2.44. The standard InChI is InChI=1S/C19H28N2O4/c1-24-19-7-6-15(25-12-11-22)13-17(19)21(10-8-19)18(23)16-3-2-9-20(16)14-4-5-14/h2-3,9,14-15,17,22H,4-8,10-13H2,1H3/t15-,17-,19+/m0/s1. The first-order chi connectivity index (χ1) is 12.2. The van der Waals surface area contributed by atoms with Gasteiger partial charge >= 0.3 is 0 Å². The van der Waals surface area contributed by atoms with E-state index in [1.807, 2.05) is 23.2 Å². The fourth-order valence-corrected chi connectivity index (χ4v) is 4.67. The molecule has 3 fully saturated rings. The van der Waals surface area contributed by atoms with Crippen molar-refractivity contribution in [2.24, 2.45) is 0 Å². The van der Waals surface area contributed by atoms with Gasteiger partial charge in [0.1, 0.15) is 5.69 Å². The Hall–Kier alpha value is -1.37. The lowest BCUT2D eigenvalue weighted by Gasteiger charge is -2.43. The number of likely N-dealkylation sites (tertiary alicyclic amines) is 1. The highest BCUT2D eigenvalue weighted by atomic mass is 16.5. The number of carbonyl (C=O) groups excluding carboxylic acids is 1. The van der Waals surface area contributed by atoms with E-state index in [0.717, 1.165) is 50.8 Å². The Bertz CT molecular complexity index is 627. The molecule has 0 spiro atoms. The Morgan fingerprint density at radius 2 is 2.20 bits per heavy atom. The quantitative estimate of drug-likeness (QED) is 0.854. The van der Waals surface area contributed by atoms with Gasteiger partial charge in [-0.2, -0.15) is 0 Å². The molecule has 6 heteroatoms. The van der Waals surface area contributed by atoms with E-state index in [2.05, 4.69) is 4.57 Å². The van der Waals surface area contributed by atoms with Crippen LogP contribution in [0, 0.1) is 0 Å². The molecule has 138 valence electrons. The van der Waals surface area contributed by atoms with Crippen LogP contribution in [0.2, 0.25) is 0 Å². The minimum Gasteiger partial charge on any atom is -0.394 e. The predicted octanol–water partition coefficient (Wildman–Crippen LogP) is 1.98. The lowest BCUT2D eigenvalue weighted by atomic mass is 9.79. The van der Waals surface area contributed by atoms with Crippen molar-refractivity contribution in [3.05, 3.63) is 24.0 Å². The number of nitrogens with zero attached hydrogens (tertiary/aromatic N) is 2. The summed E-state index contributed by atoms with van der Waals surface area (Å²) >= 11 is 0. The summed E-state index contributed by atoms with van der Waals surface area (Å²) in [7, 11) is 1.77. The monoisotopic (exact) mass is 348 g/mol. The number of carbonyl (C=O) groups is 1. The molecular formula is C19H28N2O4. The molecule has 0 aromatic carbocycles. The fourth-order valence-electron chi connectivity index (χ4n) is 4.67. The lowest BCUT2D eigenvalue weighted by molar-refractivity contribution is -0.0992. The second-order valence-electron chi connectivity index (χ2n) is 7.56. The molecule has 1 aromatic rings. The minimum absolute atomic E-state index is 0.0358. The molecule has 1 aliphatic heterocycles. The molecule has 0 bridgehead atoms. The molecule has 1 saturated heterocycles. The first kappa shape index (κ1) is 17.1. The molecule has 3 aliphatic rings. The molecule has 1 aromatic heterocycles. The molecule has 4 rings (SSSR count). The molecule has 1 amide bonds. The van der Waals surface area contributed by atoms with Gasteiger partial charge in [0, 0.05) is 25.9 Å². The summed E-state index contributed by atoms with van der Waals surface area (Å²) in [5.41, 5.74) is 0.555. The third kappa shape index (κ3) is 3.00. The summed E-state index contributed by atoms with van der Waals surface area (Å²) in [5, 5.41) is 9.02. The number of aromatic nitrogens is 1. The van der Waals surface area contributed by atoms with Crippen molar-refractivity contribution in [2.75, 3.05) is 26.9 Å². The van der Waals surface area contributed by atoms with E-state index in [1.165, 1.54) is 0 Å². The summed E-state index contributed by atoms with van der Waals surface area (Å²) in [5.74, 6) is 0.114. The van der Waals surface area contributed by atoms with E-state index in [-0.39, 0.29) is 30.3 Å². The van der Waals surface area contributed by atoms with Gasteiger partial charge in [0.05, 0.1) is 31.0 Å². The summed E-state index contributed by atoms with van der Waals surface area (Å²) < 4.78 is 13.8. The molecule has 0 radical (unpaired) electrons. The van der Waals surface area contributed by atoms with Crippen molar-refractivity contribution < 1.29 is 19.4 Å². The summed E-state index contributed by atoms with van der Waals surface area (Å²) in [4.78, 5) is 15.3. The van der Waals surface area contributed by atoms with Gasteiger partial charge in [0.2, 0.25) is 0 Å². The van der Waals surface area contributed by atoms with Crippen LogP contribution in [-0.4, -0.2) is 65.1 Å². The SMILES string of the molecule is CO[C@@]12CC[C@H](OCCO)C[C@@H]1N(C(=O)c1cccn1C1CC1)CC2. The molecule has 2 saturated carbocycles. The summed E-state index contributed by atoms with van der Waals surface area (Å²) in [6, 6.07) is 4.45. The Labute approximate surface area is 148 Å². The van der Waals surface area contributed by atoms with Crippen LogP contribution >= 0.6 is 0 Å². The summed E-state index contributed by atoms with van der Waals surface area (Å²) in [6.45, 7) is 1.13. The van der Waals surface area contributed by atoms with Crippen LogP contribution in [0.1, 0.15) is 55.1 Å². The van der Waals surface area contributed by atoms with E-state index in [9.17, 15) is 4.79 Å². The van der Waals surface area contributed by atoms with Gasteiger partial charge in [-0.1, -0.05) is 0 Å². The van der Waals surface area contributed by atoms with Gasteiger partial charge in [-0.05, 0) is 50.7 Å². The maximum atomic E-state index is 13.3. The highest BCUT2D eigenvalue weighted by Gasteiger charge is 2.53.